The van der Waals surface area contributed by atoms with Crippen molar-refractivity contribution in [1.29, 1.82) is 0 Å². The van der Waals surface area contributed by atoms with Crippen LogP contribution in [0.3, 0.4) is 0 Å². The van der Waals surface area contributed by atoms with Gasteiger partial charge in [-0.1, -0.05) is 13.8 Å². The second kappa shape index (κ2) is 6.95. The van der Waals surface area contributed by atoms with Gasteiger partial charge in [0.1, 0.15) is 6.79 Å². The highest BCUT2D eigenvalue weighted by molar-refractivity contribution is 5.14. The molecule has 0 heterocycles. The number of aliphatic hydroxyl groups excluding tert-OH is 1. The smallest absolute Gasteiger partial charge is 0.146 e. The Bertz CT molecular complexity index is 592. The highest BCUT2D eigenvalue weighted by Gasteiger charge is 2.64. The minimum absolute atomic E-state index is 0.0124. The van der Waals surface area contributed by atoms with Crippen LogP contribution in [-0.4, -0.2) is 31.2 Å². The minimum atomic E-state index is -0.0124. The summed E-state index contributed by atoms with van der Waals surface area (Å²) < 4.78 is 11.2. The van der Waals surface area contributed by atoms with Crippen LogP contribution < -0.4 is 0 Å². The predicted molar refractivity (Wildman–Crippen MR) is 111 cm³/mol. The summed E-state index contributed by atoms with van der Waals surface area (Å²) in [5.74, 6) is 3.63. The van der Waals surface area contributed by atoms with Gasteiger partial charge in [0.2, 0.25) is 0 Å². The molecule has 0 bridgehead atoms. The van der Waals surface area contributed by atoms with Gasteiger partial charge in [0.05, 0.1) is 12.2 Å². The number of methoxy groups -OCH3 is 1. The molecule has 0 aromatic rings. The van der Waals surface area contributed by atoms with Crippen molar-refractivity contribution in [2.75, 3.05) is 13.9 Å². The van der Waals surface area contributed by atoms with Crippen LogP contribution in [0.4, 0.5) is 0 Å². The van der Waals surface area contributed by atoms with Gasteiger partial charge >= 0.3 is 0 Å². The Morgan fingerprint density at radius 1 is 0.893 bits per heavy atom. The topological polar surface area (TPSA) is 38.7 Å². The quantitative estimate of drug-likeness (QED) is 0.642. The summed E-state index contributed by atoms with van der Waals surface area (Å²) in [7, 11) is 1.73. The van der Waals surface area contributed by atoms with Gasteiger partial charge in [-0.3, -0.25) is 0 Å². The van der Waals surface area contributed by atoms with E-state index >= 15 is 0 Å². The maximum Gasteiger partial charge on any atom is 0.146 e. The van der Waals surface area contributed by atoms with E-state index in [-0.39, 0.29) is 6.10 Å². The molecule has 0 aromatic carbocycles. The number of fused-ring (bicyclic) bond motifs is 4. The number of hydrogen-bond acceptors (Lipinski definition) is 3. The monoisotopic (exact) mass is 390 g/mol. The lowest BCUT2D eigenvalue weighted by Gasteiger charge is -2.66. The van der Waals surface area contributed by atoms with Crippen LogP contribution >= 0.6 is 0 Å². The lowest BCUT2D eigenvalue weighted by Crippen LogP contribution is -2.59. The van der Waals surface area contributed by atoms with Crippen LogP contribution in [0.2, 0.25) is 0 Å². The second-order valence-corrected chi connectivity index (χ2v) is 11.8. The molecule has 5 fully saturated rings. The van der Waals surface area contributed by atoms with Gasteiger partial charge in [-0.25, -0.2) is 0 Å². The summed E-state index contributed by atoms with van der Waals surface area (Å²) in [4.78, 5) is 0. The van der Waals surface area contributed by atoms with E-state index < -0.39 is 0 Å². The Labute approximate surface area is 171 Å². The highest BCUT2D eigenvalue weighted by Crippen LogP contribution is 2.72. The first-order valence-electron chi connectivity index (χ1n) is 12.2. The third-order valence-electron chi connectivity index (χ3n) is 11.1. The molecule has 0 saturated heterocycles. The first-order valence-corrected chi connectivity index (χ1v) is 12.2. The Kier molecular flexibility index (Phi) is 4.92. The van der Waals surface area contributed by atoms with Crippen molar-refractivity contribution in [3.05, 3.63) is 0 Å². The van der Waals surface area contributed by atoms with Crippen LogP contribution in [0, 0.1) is 39.9 Å². The summed E-state index contributed by atoms with van der Waals surface area (Å²) in [5, 5.41) is 10.3. The second-order valence-electron chi connectivity index (χ2n) is 11.8. The first-order chi connectivity index (χ1) is 13.4. The van der Waals surface area contributed by atoms with E-state index in [9.17, 15) is 5.11 Å². The average Bonchev–Trinajstić information content (AvgIpc) is 3.06. The fraction of sp³-hybridized carbons (Fsp3) is 1.00. The third-order valence-corrected chi connectivity index (χ3v) is 11.1. The molecule has 0 aliphatic heterocycles. The predicted octanol–water partition coefficient (Wildman–Crippen LogP) is 5.55. The first kappa shape index (κ1) is 19.8. The molecule has 1 spiro atoms. The van der Waals surface area contributed by atoms with E-state index in [0.717, 1.165) is 36.5 Å². The van der Waals surface area contributed by atoms with Gasteiger partial charge in [0, 0.05) is 7.11 Å². The van der Waals surface area contributed by atoms with E-state index in [1.54, 1.807) is 7.11 Å². The SMILES string of the molecule is COCO[C@@H]1CC[C@]2(C)C3CC[C@]45CCC(O)CC4CCC5C3CCC2(C)C1. The maximum atomic E-state index is 10.3. The summed E-state index contributed by atoms with van der Waals surface area (Å²) in [6, 6.07) is 0. The van der Waals surface area contributed by atoms with Crippen LogP contribution in [-0.2, 0) is 9.47 Å². The standard InChI is InChI=1S/C25H42O3/c1-23-10-8-20-21(24(23,2)11-7-19(15-23)28-16-27-3)9-13-25-12-6-18(26)14-17(25)4-5-22(20)25/h17-22,26H,4-16H2,1-3H3/t17?,18?,19-,20?,21?,22?,23?,24-,25-/m1/s1. The van der Waals surface area contributed by atoms with Crippen LogP contribution in [0.15, 0.2) is 0 Å². The molecule has 9 atom stereocenters. The van der Waals surface area contributed by atoms with Gasteiger partial charge in [-0.05, 0) is 117 Å². The Hall–Kier alpha value is -0.120. The van der Waals surface area contributed by atoms with Crippen LogP contribution in [0.25, 0.3) is 0 Å². The third kappa shape index (κ3) is 2.71. The Balaban J connectivity index is 1.37. The molecule has 0 radical (unpaired) electrons. The molecular formula is C25H42O3. The molecule has 5 rings (SSSR count). The molecule has 5 aliphatic carbocycles. The summed E-state index contributed by atoms with van der Waals surface area (Å²) >= 11 is 0. The van der Waals surface area contributed by atoms with E-state index in [1.165, 1.54) is 64.2 Å². The van der Waals surface area contributed by atoms with Gasteiger partial charge in [0.25, 0.3) is 0 Å². The molecule has 3 heteroatoms. The van der Waals surface area contributed by atoms with Gasteiger partial charge in [-0.2, -0.15) is 0 Å². The van der Waals surface area contributed by atoms with Crippen molar-refractivity contribution in [3.63, 3.8) is 0 Å². The molecule has 0 aromatic heterocycles. The molecular weight excluding hydrogens is 348 g/mol. The summed E-state index contributed by atoms with van der Waals surface area (Å²) in [6.07, 6.45) is 16.2. The molecule has 28 heavy (non-hydrogen) atoms. The van der Waals surface area contributed by atoms with Crippen molar-refractivity contribution < 1.29 is 14.6 Å². The largest absolute Gasteiger partial charge is 0.393 e. The zero-order valence-electron chi connectivity index (χ0n) is 18.4. The number of ether oxygens (including phenoxy) is 2. The van der Waals surface area contributed by atoms with Crippen molar-refractivity contribution in [1.82, 2.24) is 0 Å². The van der Waals surface area contributed by atoms with E-state index in [2.05, 4.69) is 13.8 Å². The normalized spacial score (nSPS) is 55.7. The molecule has 160 valence electrons. The fourth-order valence-electron chi connectivity index (χ4n) is 9.56. The molecule has 5 saturated carbocycles. The zero-order chi connectivity index (χ0) is 19.6. The van der Waals surface area contributed by atoms with Crippen molar-refractivity contribution in [2.24, 2.45) is 39.9 Å². The molecule has 6 unspecified atom stereocenters. The average molecular weight is 391 g/mol. The van der Waals surface area contributed by atoms with Crippen molar-refractivity contribution in [3.8, 4) is 0 Å². The lowest BCUT2D eigenvalue weighted by molar-refractivity contribution is -0.194. The maximum absolute atomic E-state index is 10.3. The van der Waals surface area contributed by atoms with E-state index in [0.29, 0.717) is 29.1 Å². The van der Waals surface area contributed by atoms with Crippen molar-refractivity contribution >= 4 is 0 Å². The molecule has 3 nitrogen and oxygen atoms in total. The molecule has 5 aliphatic rings. The number of hydrogen-bond donors (Lipinski definition) is 1. The summed E-state index contributed by atoms with van der Waals surface area (Å²) in [6.45, 7) is 5.69. The van der Waals surface area contributed by atoms with Crippen LogP contribution in [0.5, 0.6) is 0 Å². The number of rotatable bonds is 3. The Morgan fingerprint density at radius 2 is 1.71 bits per heavy atom. The number of aliphatic hydroxyl groups is 1. The fourth-order valence-corrected chi connectivity index (χ4v) is 9.56. The molecule has 1 N–H and O–H groups in total. The van der Waals surface area contributed by atoms with E-state index in [4.69, 9.17) is 9.47 Å². The summed E-state index contributed by atoms with van der Waals surface area (Å²) in [5.41, 5.74) is 1.51. The van der Waals surface area contributed by atoms with Gasteiger partial charge in [-0.15, -0.1) is 0 Å². The van der Waals surface area contributed by atoms with Crippen LogP contribution in [0.1, 0.15) is 90.9 Å². The van der Waals surface area contributed by atoms with Gasteiger partial charge in [0.15, 0.2) is 0 Å². The Morgan fingerprint density at radius 3 is 2.54 bits per heavy atom. The minimum Gasteiger partial charge on any atom is -0.393 e. The van der Waals surface area contributed by atoms with E-state index in [1.807, 2.05) is 0 Å². The highest BCUT2D eigenvalue weighted by atomic mass is 16.7. The zero-order valence-corrected chi connectivity index (χ0v) is 18.4. The molecule has 0 amide bonds. The van der Waals surface area contributed by atoms with Crippen molar-refractivity contribution in [2.45, 2.75) is 103 Å². The van der Waals surface area contributed by atoms with Gasteiger partial charge < -0.3 is 14.6 Å². The lowest BCUT2D eigenvalue weighted by atomic mass is 9.39.